The molecule has 4 rings (SSSR count). The highest BCUT2D eigenvalue weighted by Crippen LogP contribution is 2.26. The van der Waals surface area contributed by atoms with Crippen LogP contribution in [-0.4, -0.2) is 48.4 Å². The summed E-state index contributed by atoms with van der Waals surface area (Å²) in [4.78, 5) is 8.94. The summed E-state index contributed by atoms with van der Waals surface area (Å²) < 4.78 is 5.21. The zero-order valence-electron chi connectivity index (χ0n) is 13.4. The number of aromatic nitrogens is 2. The first kappa shape index (κ1) is 15.1. The van der Waals surface area contributed by atoms with Crippen molar-refractivity contribution in [1.29, 1.82) is 5.26 Å². The van der Waals surface area contributed by atoms with E-state index in [1.165, 1.54) is 6.42 Å². The lowest BCUT2D eigenvalue weighted by molar-refractivity contribution is 0.0210. The van der Waals surface area contributed by atoms with Crippen LogP contribution in [0.4, 0.5) is 11.6 Å². The first-order valence-corrected chi connectivity index (χ1v) is 8.34. The normalized spacial score (nSPS) is 21.0. The van der Waals surface area contributed by atoms with Crippen molar-refractivity contribution >= 4 is 22.4 Å². The van der Waals surface area contributed by atoms with Crippen molar-refractivity contribution in [2.24, 2.45) is 0 Å². The number of hydrogen-bond acceptors (Lipinski definition) is 7. The Morgan fingerprint density at radius 2 is 2.17 bits per heavy atom. The first-order valence-electron chi connectivity index (χ1n) is 8.34. The van der Waals surface area contributed by atoms with Gasteiger partial charge in [-0.25, -0.2) is 9.97 Å². The summed E-state index contributed by atoms with van der Waals surface area (Å²) in [5.74, 6) is 1.57. The fraction of sp³-hybridized carbons (Fsp3) is 0.471. The van der Waals surface area contributed by atoms with E-state index in [0.717, 1.165) is 41.9 Å². The highest BCUT2D eigenvalue weighted by atomic mass is 16.5. The van der Waals surface area contributed by atoms with E-state index >= 15 is 0 Å². The van der Waals surface area contributed by atoms with Gasteiger partial charge in [0.25, 0.3) is 0 Å². The number of piperidine rings is 1. The van der Waals surface area contributed by atoms with E-state index in [0.29, 0.717) is 24.9 Å². The van der Waals surface area contributed by atoms with Gasteiger partial charge in [-0.1, -0.05) is 0 Å². The van der Waals surface area contributed by atoms with Crippen LogP contribution in [0.15, 0.2) is 18.3 Å². The molecule has 2 aromatic heterocycles. The van der Waals surface area contributed by atoms with Gasteiger partial charge in [0.1, 0.15) is 23.4 Å². The van der Waals surface area contributed by atoms with Crippen LogP contribution in [0.1, 0.15) is 18.5 Å². The molecule has 2 aliphatic heterocycles. The maximum atomic E-state index is 9.19. The van der Waals surface area contributed by atoms with Crippen LogP contribution in [0.2, 0.25) is 0 Å². The Hall–Kier alpha value is -2.43. The zero-order chi connectivity index (χ0) is 16.4. The summed E-state index contributed by atoms with van der Waals surface area (Å²) >= 11 is 0. The lowest BCUT2D eigenvalue weighted by atomic mass is 10.1. The number of hydrogen-bond donors (Lipinski definition) is 3. The fourth-order valence-electron chi connectivity index (χ4n) is 3.09. The molecule has 0 saturated carbocycles. The molecular weight excluding hydrogens is 304 g/mol. The van der Waals surface area contributed by atoms with Gasteiger partial charge in [0.05, 0.1) is 19.3 Å². The van der Waals surface area contributed by atoms with Crippen LogP contribution < -0.4 is 16.0 Å². The summed E-state index contributed by atoms with van der Waals surface area (Å²) in [7, 11) is 0. The molecule has 4 heterocycles. The molecule has 2 aromatic rings. The molecule has 24 heavy (non-hydrogen) atoms. The number of nitriles is 1. The first-order chi connectivity index (χ1) is 11.8. The molecule has 0 bridgehead atoms. The van der Waals surface area contributed by atoms with E-state index in [2.05, 4.69) is 32.0 Å². The number of ether oxygens (including phenoxy) is 1. The maximum Gasteiger partial charge on any atom is 0.143 e. The second-order valence-corrected chi connectivity index (χ2v) is 6.32. The maximum absolute atomic E-state index is 9.19. The molecule has 0 aliphatic carbocycles. The average Bonchev–Trinajstić information content (AvgIpc) is 2.59. The number of fused-ring (bicyclic) bond motifs is 1. The van der Waals surface area contributed by atoms with Crippen LogP contribution >= 0.6 is 0 Å². The smallest absolute Gasteiger partial charge is 0.143 e. The predicted octanol–water partition coefficient (Wildman–Crippen LogP) is 1.48. The topological polar surface area (TPSA) is 94.9 Å². The van der Waals surface area contributed by atoms with Crippen molar-refractivity contribution < 1.29 is 4.74 Å². The monoisotopic (exact) mass is 324 g/mol. The van der Waals surface area contributed by atoms with E-state index in [9.17, 15) is 5.26 Å². The highest BCUT2D eigenvalue weighted by Gasteiger charge is 2.20. The van der Waals surface area contributed by atoms with Crippen LogP contribution in [0.5, 0.6) is 0 Å². The van der Waals surface area contributed by atoms with E-state index in [1.807, 2.05) is 6.07 Å². The summed E-state index contributed by atoms with van der Waals surface area (Å²) in [6.45, 7) is 3.38. The van der Waals surface area contributed by atoms with Crippen molar-refractivity contribution in [2.45, 2.75) is 24.9 Å². The minimum Gasteiger partial charge on any atom is -0.377 e. The molecule has 3 N–H and O–H groups in total. The standard InChI is InChI=1S/C17H20N6O/c18-6-13-4-11-7-20-16(21-12-2-1-3-19-8-12)5-15(11)17(22-13)23-14-9-24-10-14/h4-5,7,12,14,19H,1-3,8-10H2,(H,20,21)(H,22,23)/t12-/m0/s1. The number of nitrogens with zero attached hydrogens (tertiary/aromatic N) is 3. The van der Waals surface area contributed by atoms with Gasteiger partial charge >= 0.3 is 0 Å². The molecule has 2 fully saturated rings. The van der Waals surface area contributed by atoms with Gasteiger partial charge in [-0.15, -0.1) is 0 Å². The van der Waals surface area contributed by atoms with Crippen molar-refractivity contribution in [3.05, 3.63) is 24.0 Å². The fourth-order valence-corrected chi connectivity index (χ4v) is 3.09. The van der Waals surface area contributed by atoms with Crippen molar-refractivity contribution in [2.75, 3.05) is 36.9 Å². The van der Waals surface area contributed by atoms with E-state index in [-0.39, 0.29) is 6.04 Å². The Labute approximate surface area is 140 Å². The Kier molecular flexibility index (Phi) is 4.15. The molecule has 7 nitrogen and oxygen atoms in total. The average molecular weight is 324 g/mol. The number of nitrogens with one attached hydrogen (secondary N) is 3. The molecular formula is C17H20N6O. The molecule has 0 unspecified atom stereocenters. The van der Waals surface area contributed by atoms with Gasteiger partial charge < -0.3 is 20.7 Å². The van der Waals surface area contributed by atoms with Gasteiger partial charge in [-0.3, -0.25) is 0 Å². The van der Waals surface area contributed by atoms with E-state index < -0.39 is 0 Å². The minimum atomic E-state index is 0.252. The zero-order valence-corrected chi connectivity index (χ0v) is 13.4. The third-order valence-corrected chi connectivity index (χ3v) is 4.46. The largest absolute Gasteiger partial charge is 0.377 e. The Morgan fingerprint density at radius 1 is 1.25 bits per heavy atom. The lowest BCUT2D eigenvalue weighted by Crippen LogP contribution is -2.40. The van der Waals surface area contributed by atoms with Gasteiger partial charge in [-0.05, 0) is 31.5 Å². The van der Waals surface area contributed by atoms with E-state index in [4.69, 9.17) is 4.74 Å². The van der Waals surface area contributed by atoms with Gasteiger partial charge in [-0.2, -0.15) is 5.26 Å². The van der Waals surface area contributed by atoms with Gasteiger partial charge in [0.2, 0.25) is 0 Å². The van der Waals surface area contributed by atoms with Crippen LogP contribution in [0.25, 0.3) is 10.8 Å². The SMILES string of the molecule is N#Cc1cc2cnc(N[C@H]3CCCNC3)cc2c(NC2COC2)n1. The summed E-state index contributed by atoms with van der Waals surface area (Å²) in [5, 5.41) is 21.3. The molecule has 1 atom stereocenters. The lowest BCUT2D eigenvalue weighted by Gasteiger charge is -2.28. The number of pyridine rings is 2. The third kappa shape index (κ3) is 3.11. The van der Waals surface area contributed by atoms with Crippen LogP contribution in [0.3, 0.4) is 0 Å². The Morgan fingerprint density at radius 3 is 2.88 bits per heavy atom. The van der Waals surface area contributed by atoms with Gasteiger partial charge in [0.15, 0.2) is 0 Å². The summed E-state index contributed by atoms with van der Waals surface area (Å²) in [6, 6.07) is 6.55. The third-order valence-electron chi connectivity index (χ3n) is 4.46. The Balaban J connectivity index is 1.65. The number of anilines is 2. The van der Waals surface area contributed by atoms with E-state index in [1.54, 1.807) is 12.3 Å². The van der Waals surface area contributed by atoms with Crippen molar-refractivity contribution in [3.63, 3.8) is 0 Å². The van der Waals surface area contributed by atoms with Crippen molar-refractivity contribution in [3.8, 4) is 6.07 Å². The molecule has 0 aromatic carbocycles. The molecule has 0 amide bonds. The molecule has 2 saturated heterocycles. The minimum absolute atomic E-state index is 0.252. The summed E-state index contributed by atoms with van der Waals surface area (Å²) in [5.41, 5.74) is 0.393. The van der Waals surface area contributed by atoms with Crippen LogP contribution in [0, 0.1) is 11.3 Å². The second-order valence-electron chi connectivity index (χ2n) is 6.32. The highest BCUT2D eigenvalue weighted by molar-refractivity contribution is 5.93. The van der Waals surface area contributed by atoms with Gasteiger partial charge in [0, 0.05) is 29.6 Å². The number of rotatable bonds is 4. The molecule has 0 radical (unpaired) electrons. The van der Waals surface area contributed by atoms with Crippen LogP contribution in [-0.2, 0) is 4.74 Å². The quantitative estimate of drug-likeness (QED) is 0.784. The molecule has 124 valence electrons. The molecule has 0 spiro atoms. The molecule has 7 heteroatoms. The summed E-state index contributed by atoms with van der Waals surface area (Å²) in [6.07, 6.45) is 4.12. The second kappa shape index (κ2) is 6.59. The Bertz CT molecular complexity index is 776. The molecule has 2 aliphatic rings. The predicted molar refractivity (Wildman–Crippen MR) is 92.0 cm³/mol. The van der Waals surface area contributed by atoms with Crippen molar-refractivity contribution in [1.82, 2.24) is 15.3 Å².